The Labute approximate surface area is 55.7 Å². The first-order valence-corrected chi connectivity index (χ1v) is 2.51. The maximum Gasteiger partial charge on any atom is 0.232 e. The van der Waals surface area contributed by atoms with Gasteiger partial charge in [0.05, 0.1) is 6.20 Å². The zero-order chi connectivity index (χ0) is 6.85. The first-order chi connectivity index (χ1) is 4.20. The number of hydrogen-bond acceptors (Lipinski definition) is 3. The molecule has 0 aliphatic rings. The van der Waals surface area contributed by atoms with Crippen LogP contribution in [0.1, 0.15) is 0 Å². The van der Waals surface area contributed by atoms with Gasteiger partial charge in [-0.25, -0.2) is 9.97 Å². The average Bonchev–Trinajstić information content (AvgIpc) is 1.80. The van der Waals surface area contributed by atoms with Crippen LogP contribution >= 0.6 is 11.6 Å². The van der Waals surface area contributed by atoms with Gasteiger partial charge in [-0.05, 0) is 0 Å². The van der Waals surface area contributed by atoms with E-state index in [1.165, 1.54) is 0 Å². The third-order valence-corrected chi connectivity index (χ3v) is 1.00. The Bertz CT molecular complexity index is 227. The molecule has 0 radical (unpaired) electrons. The van der Waals surface area contributed by atoms with E-state index in [1.54, 1.807) is 0 Å². The highest BCUT2D eigenvalue weighted by Gasteiger charge is 1.98. The largest absolute Gasteiger partial charge is 0.381 e. The molecule has 0 saturated carbocycles. The van der Waals surface area contributed by atoms with E-state index in [0.29, 0.717) is 0 Å². The summed E-state index contributed by atoms with van der Waals surface area (Å²) in [6.07, 6.45) is 0.904. The van der Waals surface area contributed by atoms with Crippen LogP contribution in [0.5, 0.6) is 0 Å². The van der Waals surface area contributed by atoms with Gasteiger partial charge in [0.2, 0.25) is 5.95 Å². The first-order valence-electron chi connectivity index (χ1n) is 2.13. The topological polar surface area (TPSA) is 51.8 Å². The van der Waals surface area contributed by atoms with Crippen molar-refractivity contribution in [3.8, 4) is 0 Å². The monoisotopic (exact) mass is 147 g/mol. The van der Waals surface area contributed by atoms with Crippen molar-refractivity contribution in [3.05, 3.63) is 17.3 Å². The molecule has 1 heterocycles. The van der Waals surface area contributed by atoms with Gasteiger partial charge in [0.25, 0.3) is 0 Å². The fourth-order valence-electron chi connectivity index (χ4n) is 0.356. The van der Waals surface area contributed by atoms with Crippen molar-refractivity contribution >= 4 is 17.4 Å². The molecule has 0 spiro atoms. The van der Waals surface area contributed by atoms with Crippen LogP contribution in [0.4, 0.5) is 10.2 Å². The Balaban J connectivity index is 3.17. The van der Waals surface area contributed by atoms with Crippen LogP contribution in [0.15, 0.2) is 6.20 Å². The number of halogens is 2. The third-order valence-electron chi connectivity index (χ3n) is 0.726. The summed E-state index contributed by atoms with van der Waals surface area (Å²) in [7, 11) is 0. The second-order valence-electron chi connectivity index (χ2n) is 1.37. The molecule has 2 N–H and O–H groups in total. The summed E-state index contributed by atoms with van der Waals surface area (Å²) in [5.74, 6) is -0.688. The molecular weight excluding hydrogens is 145 g/mol. The summed E-state index contributed by atoms with van der Waals surface area (Å²) in [6, 6.07) is 0. The summed E-state index contributed by atoms with van der Waals surface area (Å²) in [4.78, 5) is 6.57. The maximum atomic E-state index is 12.0. The van der Waals surface area contributed by atoms with Crippen LogP contribution in [0.3, 0.4) is 0 Å². The highest BCUT2D eigenvalue weighted by Crippen LogP contribution is 2.10. The Kier molecular flexibility index (Phi) is 1.48. The minimum absolute atomic E-state index is 0.0399. The fourth-order valence-corrected chi connectivity index (χ4v) is 0.486. The van der Waals surface area contributed by atoms with Crippen LogP contribution in [-0.2, 0) is 0 Å². The Morgan fingerprint density at radius 3 is 2.78 bits per heavy atom. The van der Waals surface area contributed by atoms with Crippen molar-refractivity contribution in [2.45, 2.75) is 0 Å². The molecule has 0 aliphatic carbocycles. The molecule has 9 heavy (non-hydrogen) atoms. The van der Waals surface area contributed by atoms with E-state index in [1.807, 2.05) is 0 Å². The number of rotatable bonds is 0. The van der Waals surface area contributed by atoms with Crippen molar-refractivity contribution in [1.82, 2.24) is 9.97 Å². The Morgan fingerprint density at radius 1 is 1.67 bits per heavy atom. The number of nitrogens with zero attached hydrogens (tertiary/aromatic N) is 2. The molecule has 1 rings (SSSR count). The number of nitrogen functional groups attached to an aromatic ring is 1. The standard InChI is InChI=1S/C4H3ClFN3/c5-3-4(7)8-1-2(6)9-3/h1H,(H2,7,8). The number of hydrogen-bond donors (Lipinski definition) is 1. The summed E-state index contributed by atoms with van der Waals surface area (Å²) >= 11 is 5.28. The third kappa shape index (κ3) is 1.26. The molecule has 0 bridgehead atoms. The number of anilines is 1. The maximum absolute atomic E-state index is 12.0. The van der Waals surface area contributed by atoms with Gasteiger partial charge >= 0.3 is 0 Å². The van der Waals surface area contributed by atoms with Gasteiger partial charge in [-0.15, -0.1) is 0 Å². The zero-order valence-electron chi connectivity index (χ0n) is 4.31. The SMILES string of the molecule is Nc1ncc(F)nc1Cl. The van der Waals surface area contributed by atoms with Crippen molar-refractivity contribution in [2.75, 3.05) is 5.73 Å². The van der Waals surface area contributed by atoms with E-state index in [4.69, 9.17) is 17.3 Å². The fraction of sp³-hybridized carbons (Fsp3) is 0. The van der Waals surface area contributed by atoms with Crippen molar-refractivity contribution in [2.24, 2.45) is 0 Å². The predicted octanol–water partition coefficient (Wildman–Crippen LogP) is 0.851. The van der Waals surface area contributed by atoms with Gasteiger partial charge in [0.15, 0.2) is 11.0 Å². The van der Waals surface area contributed by atoms with Gasteiger partial charge in [-0.1, -0.05) is 11.6 Å². The smallest absolute Gasteiger partial charge is 0.232 e. The predicted molar refractivity (Wildman–Crippen MR) is 31.4 cm³/mol. The number of nitrogens with two attached hydrogens (primary N) is 1. The molecule has 0 aliphatic heterocycles. The summed E-state index contributed by atoms with van der Waals surface area (Å²) in [6.45, 7) is 0. The van der Waals surface area contributed by atoms with Crippen LogP contribution < -0.4 is 5.73 Å². The molecule has 0 atom stereocenters. The molecule has 0 fully saturated rings. The molecule has 0 aromatic carbocycles. The van der Waals surface area contributed by atoms with Crippen LogP contribution in [0.2, 0.25) is 5.15 Å². The quantitative estimate of drug-likeness (QED) is 0.592. The molecule has 0 amide bonds. The van der Waals surface area contributed by atoms with E-state index < -0.39 is 5.95 Å². The second kappa shape index (κ2) is 2.14. The highest BCUT2D eigenvalue weighted by atomic mass is 35.5. The van der Waals surface area contributed by atoms with Crippen LogP contribution in [-0.4, -0.2) is 9.97 Å². The molecule has 5 heteroatoms. The summed E-state index contributed by atoms with van der Waals surface area (Å²) < 4.78 is 12.0. The van der Waals surface area contributed by atoms with Gasteiger partial charge in [0.1, 0.15) is 0 Å². The lowest BCUT2D eigenvalue weighted by atomic mass is 10.7. The molecule has 1 aromatic heterocycles. The lowest BCUT2D eigenvalue weighted by molar-refractivity contribution is 0.577. The van der Waals surface area contributed by atoms with E-state index in [2.05, 4.69) is 9.97 Å². The normalized spacial score (nSPS) is 9.56. The minimum Gasteiger partial charge on any atom is -0.381 e. The molecule has 48 valence electrons. The second-order valence-corrected chi connectivity index (χ2v) is 1.73. The summed E-state index contributed by atoms with van der Waals surface area (Å²) in [5, 5.41) is -0.102. The Morgan fingerprint density at radius 2 is 2.33 bits per heavy atom. The molecular formula is C4H3ClFN3. The number of aromatic nitrogens is 2. The van der Waals surface area contributed by atoms with E-state index >= 15 is 0 Å². The van der Waals surface area contributed by atoms with E-state index in [9.17, 15) is 4.39 Å². The van der Waals surface area contributed by atoms with Crippen molar-refractivity contribution in [1.29, 1.82) is 0 Å². The lowest BCUT2D eigenvalue weighted by Crippen LogP contribution is -1.94. The lowest BCUT2D eigenvalue weighted by Gasteiger charge is -1.91. The molecule has 0 saturated heterocycles. The Hall–Kier alpha value is -0.900. The average molecular weight is 148 g/mol. The van der Waals surface area contributed by atoms with Gasteiger partial charge < -0.3 is 5.73 Å². The van der Waals surface area contributed by atoms with Crippen molar-refractivity contribution in [3.63, 3.8) is 0 Å². The molecule has 1 aromatic rings. The highest BCUT2D eigenvalue weighted by molar-refractivity contribution is 6.31. The van der Waals surface area contributed by atoms with Gasteiger partial charge in [-0.3, -0.25) is 0 Å². The first kappa shape index (κ1) is 6.22. The van der Waals surface area contributed by atoms with Crippen LogP contribution in [0, 0.1) is 5.95 Å². The van der Waals surface area contributed by atoms with Crippen LogP contribution in [0.25, 0.3) is 0 Å². The van der Waals surface area contributed by atoms with Gasteiger partial charge in [-0.2, -0.15) is 4.39 Å². The van der Waals surface area contributed by atoms with Crippen molar-refractivity contribution < 1.29 is 4.39 Å². The van der Waals surface area contributed by atoms with E-state index in [0.717, 1.165) is 6.20 Å². The molecule has 0 unspecified atom stereocenters. The zero-order valence-corrected chi connectivity index (χ0v) is 5.06. The minimum atomic E-state index is -0.728. The summed E-state index contributed by atoms with van der Waals surface area (Å²) in [5.41, 5.74) is 5.12. The van der Waals surface area contributed by atoms with E-state index in [-0.39, 0.29) is 11.0 Å². The van der Waals surface area contributed by atoms with Gasteiger partial charge in [0, 0.05) is 0 Å². The molecule has 3 nitrogen and oxygen atoms in total.